The van der Waals surface area contributed by atoms with Gasteiger partial charge in [0.1, 0.15) is 0 Å². The molecule has 3 aromatic rings. The quantitative estimate of drug-likeness (QED) is 0.714. The van der Waals surface area contributed by atoms with Gasteiger partial charge in [0, 0.05) is 13.1 Å². The van der Waals surface area contributed by atoms with Crippen LogP contribution >= 0.6 is 0 Å². The van der Waals surface area contributed by atoms with E-state index in [9.17, 15) is 14.7 Å². The third-order valence-electron chi connectivity index (χ3n) is 4.33. The molecule has 1 aromatic carbocycles. The largest absolute Gasteiger partial charge is 0.390 e. The maximum atomic E-state index is 12.8. The Morgan fingerprint density at radius 3 is 2.96 bits per heavy atom. The molecular weight excluding hydrogens is 322 g/mol. The Morgan fingerprint density at radius 2 is 2.12 bits per heavy atom. The van der Waals surface area contributed by atoms with Crippen molar-refractivity contribution in [3.63, 3.8) is 0 Å². The van der Waals surface area contributed by atoms with Gasteiger partial charge in [-0.25, -0.2) is 4.98 Å². The minimum absolute atomic E-state index is 0.0408. The van der Waals surface area contributed by atoms with E-state index in [1.165, 1.54) is 0 Å². The topological polar surface area (TPSA) is 104 Å². The lowest BCUT2D eigenvalue weighted by Gasteiger charge is -2.19. The van der Waals surface area contributed by atoms with Crippen LogP contribution in [0.3, 0.4) is 0 Å². The number of rotatable bonds is 2. The highest BCUT2D eigenvalue weighted by atomic mass is 16.3. The molecule has 8 nitrogen and oxygen atoms in total. The van der Waals surface area contributed by atoms with Crippen LogP contribution in [-0.4, -0.2) is 42.2 Å². The summed E-state index contributed by atoms with van der Waals surface area (Å²) in [6.07, 6.45) is 0.739. The fourth-order valence-electron chi connectivity index (χ4n) is 3.11. The van der Waals surface area contributed by atoms with Crippen LogP contribution in [0.2, 0.25) is 0 Å². The SMILES string of the molecule is O=C(c1nc2ccccc2c(=O)[nH]1)N1CCCn2nc(CO)cc2C1. The number of benzene rings is 1. The first-order valence-electron chi connectivity index (χ1n) is 8.10. The van der Waals surface area contributed by atoms with Gasteiger partial charge >= 0.3 is 0 Å². The summed E-state index contributed by atoms with van der Waals surface area (Å²) in [6, 6.07) is 8.73. The molecule has 3 heterocycles. The highest BCUT2D eigenvalue weighted by Crippen LogP contribution is 2.16. The molecule has 4 rings (SSSR count). The zero-order valence-electron chi connectivity index (χ0n) is 13.5. The number of carbonyl (C=O) groups excluding carboxylic acids is 1. The minimum Gasteiger partial charge on any atom is -0.390 e. The van der Waals surface area contributed by atoms with Crippen molar-refractivity contribution < 1.29 is 9.90 Å². The van der Waals surface area contributed by atoms with Gasteiger partial charge in [0.15, 0.2) is 5.82 Å². The summed E-state index contributed by atoms with van der Waals surface area (Å²) in [5.41, 5.74) is 1.62. The summed E-state index contributed by atoms with van der Waals surface area (Å²) in [5.74, 6) is -0.276. The zero-order chi connectivity index (χ0) is 17.4. The number of fused-ring (bicyclic) bond motifs is 2. The number of aliphatic hydroxyl groups excluding tert-OH is 1. The number of hydrogen-bond donors (Lipinski definition) is 2. The maximum Gasteiger partial charge on any atom is 0.290 e. The second-order valence-electron chi connectivity index (χ2n) is 6.02. The third-order valence-corrected chi connectivity index (χ3v) is 4.33. The number of aromatic amines is 1. The molecule has 0 saturated carbocycles. The number of nitrogens with one attached hydrogen (secondary N) is 1. The van der Waals surface area contributed by atoms with E-state index in [-0.39, 0.29) is 23.9 Å². The number of H-pyrrole nitrogens is 1. The van der Waals surface area contributed by atoms with Crippen molar-refractivity contribution in [1.82, 2.24) is 24.6 Å². The van der Waals surface area contributed by atoms with Gasteiger partial charge in [-0.2, -0.15) is 5.10 Å². The first-order valence-corrected chi connectivity index (χ1v) is 8.10. The fourth-order valence-corrected chi connectivity index (χ4v) is 3.11. The highest BCUT2D eigenvalue weighted by molar-refractivity contribution is 5.92. The number of hydrogen-bond acceptors (Lipinski definition) is 5. The molecule has 8 heteroatoms. The molecule has 1 aliphatic heterocycles. The van der Waals surface area contributed by atoms with Crippen molar-refractivity contribution in [3.05, 3.63) is 57.9 Å². The number of carbonyl (C=O) groups is 1. The lowest BCUT2D eigenvalue weighted by Crippen LogP contribution is -2.33. The van der Waals surface area contributed by atoms with Gasteiger partial charge in [0.05, 0.1) is 35.4 Å². The zero-order valence-corrected chi connectivity index (χ0v) is 13.5. The minimum atomic E-state index is -0.323. The summed E-state index contributed by atoms with van der Waals surface area (Å²) >= 11 is 0. The van der Waals surface area contributed by atoms with E-state index >= 15 is 0 Å². The summed E-state index contributed by atoms with van der Waals surface area (Å²) < 4.78 is 1.81. The first-order chi connectivity index (χ1) is 12.2. The van der Waals surface area contributed by atoms with Crippen LogP contribution in [0.1, 0.15) is 28.4 Å². The first kappa shape index (κ1) is 15.5. The van der Waals surface area contributed by atoms with Gasteiger partial charge in [-0.3, -0.25) is 14.3 Å². The number of amides is 1. The summed E-state index contributed by atoms with van der Waals surface area (Å²) in [5, 5.41) is 14.0. The molecule has 1 aliphatic rings. The van der Waals surface area contributed by atoms with Gasteiger partial charge in [0.25, 0.3) is 11.5 Å². The Morgan fingerprint density at radius 1 is 1.28 bits per heavy atom. The standard InChI is InChI=1S/C17H17N5O3/c23-10-11-8-12-9-21(6-3-7-22(12)20-11)17(25)15-18-14-5-2-1-4-13(14)16(24)19-15/h1-2,4-5,8,23H,3,6-7,9-10H2,(H,18,19,24). The van der Waals surface area contributed by atoms with Gasteiger partial charge in [-0.15, -0.1) is 0 Å². The molecule has 0 bridgehead atoms. The van der Waals surface area contributed by atoms with Crippen molar-refractivity contribution in [3.8, 4) is 0 Å². The molecule has 2 aromatic heterocycles. The van der Waals surface area contributed by atoms with E-state index in [1.54, 1.807) is 35.2 Å². The van der Waals surface area contributed by atoms with E-state index in [1.807, 2.05) is 4.68 Å². The van der Waals surface area contributed by atoms with Crippen molar-refractivity contribution in [2.45, 2.75) is 26.1 Å². The number of nitrogens with zero attached hydrogens (tertiary/aromatic N) is 4. The predicted octanol–water partition coefficient (Wildman–Crippen LogP) is 0.658. The van der Waals surface area contributed by atoms with E-state index < -0.39 is 0 Å². The Bertz CT molecular complexity index is 1010. The van der Waals surface area contributed by atoms with Crippen molar-refractivity contribution in [2.24, 2.45) is 0 Å². The lowest BCUT2D eigenvalue weighted by atomic mass is 10.2. The fraction of sp³-hybridized carbons (Fsp3) is 0.294. The van der Waals surface area contributed by atoms with Crippen LogP contribution in [0.15, 0.2) is 35.1 Å². The number of para-hydroxylation sites is 1. The van der Waals surface area contributed by atoms with Gasteiger partial charge in [0.2, 0.25) is 0 Å². The molecule has 0 atom stereocenters. The third kappa shape index (κ3) is 2.80. The number of aryl methyl sites for hydroxylation is 1. The molecule has 0 spiro atoms. The average Bonchev–Trinajstić information content (AvgIpc) is 2.92. The van der Waals surface area contributed by atoms with Gasteiger partial charge in [-0.05, 0) is 24.6 Å². The summed E-state index contributed by atoms with van der Waals surface area (Å²) in [7, 11) is 0. The van der Waals surface area contributed by atoms with E-state index in [4.69, 9.17) is 0 Å². The molecule has 0 aliphatic carbocycles. The molecule has 0 saturated heterocycles. The smallest absolute Gasteiger partial charge is 0.290 e. The summed E-state index contributed by atoms with van der Waals surface area (Å²) in [6.45, 7) is 1.46. The molecule has 0 fully saturated rings. The lowest BCUT2D eigenvalue weighted by molar-refractivity contribution is 0.0733. The average molecular weight is 339 g/mol. The molecular formula is C17H17N5O3. The molecule has 128 valence electrons. The van der Waals surface area contributed by atoms with Crippen LogP contribution in [0.4, 0.5) is 0 Å². The molecule has 25 heavy (non-hydrogen) atoms. The predicted molar refractivity (Wildman–Crippen MR) is 89.9 cm³/mol. The second-order valence-corrected chi connectivity index (χ2v) is 6.02. The van der Waals surface area contributed by atoms with Gasteiger partial charge in [-0.1, -0.05) is 12.1 Å². The second kappa shape index (κ2) is 6.14. The van der Waals surface area contributed by atoms with E-state index in [0.717, 1.165) is 12.1 Å². The molecule has 1 amide bonds. The molecule has 0 unspecified atom stereocenters. The maximum absolute atomic E-state index is 12.8. The van der Waals surface area contributed by atoms with Gasteiger partial charge < -0.3 is 15.0 Å². The van der Waals surface area contributed by atoms with Crippen LogP contribution in [0.5, 0.6) is 0 Å². The van der Waals surface area contributed by atoms with Crippen molar-refractivity contribution in [2.75, 3.05) is 6.54 Å². The Hall–Kier alpha value is -3.00. The number of aromatic nitrogens is 4. The number of aliphatic hydroxyl groups is 1. The normalized spacial score (nSPS) is 14.4. The van der Waals surface area contributed by atoms with Crippen LogP contribution in [0, 0.1) is 0 Å². The highest BCUT2D eigenvalue weighted by Gasteiger charge is 2.23. The van der Waals surface area contributed by atoms with Crippen molar-refractivity contribution >= 4 is 16.8 Å². The van der Waals surface area contributed by atoms with Crippen molar-refractivity contribution in [1.29, 1.82) is 0 Å². The Labute approximate surface area is 142 Å². The molecule has 0 radical (unpaired) electrons. The summed E-state index contributed by atoms with van der Waals surface area (Å²) in [4.78, 5) is 33.6. The van der Waals surface area contributed by atoms with Crippen LogP contribution in [0.25, 0.3) is 10.9 Å². The van der Waals surface area contributed by atoms with Crippen LogP contribution in [-0.2, 0) is 19.7 Å². The van der Waals surface area contributed by atoms with Crippen LogP contribution < -0.4 is 5.56 Å². The molecule has 2 N–H and O–H groups in total. The van der Waals surface area contributed by atoms with E-state index in [0.29, 0.717) is 36.2 Å². The Kier molecular flexibility index (Phi) is 3.81. The van der Waals surface area contributed by atoms with E-state index in [2.05, 4.69) is 15.1 Å². The monoisotopic (exact) mass is 339 g/mol. The Balaban J connectivity index is 1.67.